The standard InChI is InChI=1S/C14H22.C2H6/c1-4-7-13(8-5-2)14-10-6-9-12(3)11-14;1-2/h6,9-11,13H,4-5,7-8H2,1-3H3;1-2H3. The maximum atomic E-state index is 2.34. The molecule has 0 nitrogen and oxygen atoms in total. The van der Waals surface area contributed by atoms with Crippen LogP contribution in [-0.2, 0) is 0 Å². The van der Waals surface area contributed by atoms with Gasteiger partial charge in [-0.2, -0.15) is 0 Å². The van der Waals surface area contributed by atoms with Gasteiger partial charge in [-0.25, -0.2) is 0 Å². The SMILES string of the molecule is CC.CCCC(CCC)c1cccc(C)c1. The van der Waals surface area contributed by atoms with Gasteiger partial charge >= 0.3 is 0 Å². The van der Waals surface area contributed by atoms with Crippen LogP contribution in [-0.4, -0.2) is 0 Å². The molecule has 0 spiro atoms. The van der Waals surface area contributed by atoms with Crippen molar-refractivity contribution in [1.82, 2.24) is 0 Å². The van der Waals surface area contributed by atoms with Crippen LogP contribution >= 0.6 is 0 Å². The molecular weight excluding hydrogens is 192 g/mol. The predicted molar refractivity (Wildman–Crippen MR) is 75.1 cm³/mol. The minimum atomic E-state index is 0.782. The number of hydrogen-bond acceptors (Lipinski definition) is 0. The molecule has 1 aromatic carbocycles. The molecule has 0 saturated heterocycles. The van der Waals surface area contributed by atoms with E-state index in [4.69, 9.17) is 0 Å². The monoisotopic (exact) mass is 220 g/mol. The molecule has 0 aliphatic heterocycles. The van der Waals surface area contributed by atoms with Crippen molar-refractivity contribution >= 4 is 0 Å². The first-order valence-electron chi connectivity index (χ1n) is 6.84. The number of rotatable bonds is 5. The van der Waals surface area contributed by atoms with Gasteiger partial charge in [0.1, 0.15) is 0 Å². The molecule has 0 aliphatic rings. The first-order chi connectivity index (χ1) is 7.77. The molecule has 0 unspecified atom stereocenters. The fourth-order valence-electron chi connectivity index (χ4n) is 2.10. The molecule has 0 aliphatic carbocycles. The van der Waals surface area contributed by atoms with Crippen molar-refractivity contribution in [3.63, 3.8) is 0 Å². The van der Waals surface area contributed by atoms with Gasteiger partial charge in [0, 0.05) is 0 Å². The van der Waals surface area contributed by atoms with E-state index in [1.165, 1.54) is 36.8 Å². The van der Waals surface area contributed by atoms with Gasteiger partial charge in [0.25, 0.3) is 0 Å². The zero-order valence-corrected chi connectivity index (χ0v) is 11.7. The second-order valence-electron chi connectivity index (χ2n) is 4.19. The smallest absolute Gasteiger partial charge is 0.0162 e. The lowest BCUT2D eigenvalue weighted by molar-refractivity contribution is 0.560. The summed E-state index contributed by atoms with van der Waals surface area (Å²) in [5, 5.41) is 0. The summed E-state index contributed by atoms with van der Waals surface area (Å²) in [5.41, 5.74) is 2.92. The molecule has 0 N–H and O–H groups in total. The molecule has 0 amide bonds. The Bertz CT molecular complexity index is 256. The van der Waals surface area contributed by atoms with E-state index in [0.717, 1.165) is 5.92 Å². The van der Waals surface area contributed by atoms with Crippen molar-refractivity contribution in [2.45, 2.75) is 66.2 Å². The van der Waals surface area contributed by atoms with E-state index in [1.54, 1.807) is 0 Å². The molecular formula is C16H28. The molecule has 0 atom stereocenters. The van der Waals surface area contributed by atoms with E-state index in [9.17, 15) is 0 Å². The van der Waals surface area contributed by atoms with Crippen molar-refractivity contribution in [2.75, 3.05) is 0 Å². The average Bonchev–Trinajstić information content (AvgIpc) is 2.31. The van der Waals surface area contributed by atoms with E-state index >= 15 is 0 Å². The van der Waals surface area contributed by atoms with Gasteiger partial charge in [0.2, 0.25) is 0 Å². The van der Waals surface area contributed by atoms with Gasteiger partial charge in [-0.1, -0.05) is 70.4 Å². The summed E-state index contributed by atoms with van der Waals surface area (Å²) in [7, 11) is 0. The van der Waals surface area contributed by atoms with Crippen LogP contribution in [0.15, 0.2) is 24.3 Å². The van der Waals surface area contributed by atoms with E-state index in [2.05, 4.69) is 45.0 Å². The molecule has 1 aromatic rings. The quantitative estimate of drug-likeness (QED) is 0.596. The summed E-state index contributed by atoms with van der Waals surface area (Å²) < 4.78 is 0. The largest absolute Gasteiger partial charge is 0.0683 e. The topological polar surface area (TPSA) is 0 Å². The lowest BCUT2D eigenvalue weighted by Gasteiger charge is -2.16. The van der Waals surface area contributed by atoms with Gasteiger partial charge < -0.3 is 0 Å². The lowest BCUT2D eigenvalue weighted by atomic mass is 9.90. The lowest BCUT2D eigenvalue weighted by Crippen LogP contribution is -1.98. The summed E-state index contributed by atoms with van der Waals surface area (Å²) in [6.07, 6.45) is 5.24. The molecule has 0 radical (unpaired) electrons. The van der Waals surface area contributed by atoms with Crippen molar-refractivity contribution in [3.8, 4) is 0 Å². The molecule has 0 aromatic heterocycles. The van der Waals surface area contributed by atoms with E-state index in [1.807, 2.05) is 13.8 Å². The Morgan fingerprint density at radius 3 is 2.00 bits per heavy atom. The summed E-state index contributed by atoms with van der Waals surface area (Å²) in [6, 6.07) is 8.99. The second-order valence-corrected chi connectivity index (χ2v) is 4.19. The maximum Gasteiger partial charge on any atom is -0.0162 e. The molecule has 0 fully saturated rings. The first-order valence-corrected chi connectivity index (χ1v) is 6.84. The van der Waals surface area contributed by atoms with Crippen molar-refractivity contribution in [2.24, 2.45) is 0 Å². The second kappa shape index (κ2) is 9.45. The highest BCUT2D eigenvalue weighted by Gasteiger charge is 2.08. The Kier molecular flexibility index (Phi) is 8.99. The number of hydrogen-bond donors (Lipinski definition) is 0. The van der Waals surface area contributed by atoms with Crippen molar-refractivity contribution < 1.29 is 0 Å². The van der Waals surface area contributed by atoms with Crippen LogP contribution in [0.5, 0.6) is 0 Å². The zero-order valence-electron chi connectivity index (χ0n) is 11.7. The van der Waals surface area contributed by atoms with E-state index < -0.39 is 0 Å². The molecule has 0 bridgehead atoms. The number of benzene rings is 1. The maximum absolute atomic E-state index is 2.34. The minimum absolute atomic E-state index is 0.782. The summed E-state index contributed by atoms with van der Waals surface area (Å²) in [4.78, 5) is 0. The molecule has 1 rings (SSSR count). The van der Waals surface area contributed by atoms with Crippen LogP contribution in [0.25, 0.3) is 0 Å². The average molecular weight is 220 g/mol. The summed E-state index contributed by atoms with van der Waals surface area (Å²) >= 11 is 0. The Morgan fingerprint density at radius 2 is 1.56 bits per heavy atom. The van der Waals surface area contributed by atoms with E-state index in [-0.39, 0.29) is 0 Å². The van der Waals surface area contributed by atoms with Gasteiger partial charge in [-0.05, 0) is 31.2 Å². The third kappa shape index (κ3) is 5.34. The third-order valence-corrected chi connectivity index (χ3v) is 2.79. The van der Waals surface area contributed by atoms with Crippen LogP contribution in [0.4, 0.5) is 0 Å². The van der Waals surface area contributed by atoms with Gasteiger partial charge in [-0.3, -0.25) is 0 Å². The number of aryl methyl sites for hydroxylation is 1. The molecule has 0 heterocycles. The van der Waals surface area contributed by atoms with Crippen molar-refractivity contribution in [1.29, 1.82) is 0 Å². The Labute approximate surface area is 102 Å². The first kappa shape index (κ1) is 15.2. The van der Waals surface area contributed by atoms with Gasteiger partial charge in [0.15, 0.2) is 0 Å². The van der Waals surface area contributed by atoms with Crippen LogP contribution in [0.2, 0.25) is 0 Å². The molecule has 0 heteroatoms. The highest BCUT2D eigenvalue weighted by Crippen LogP contribution is 2.26. The van der Waals surface area contributed by atoms with Crippen LogP contribution in [0.1, 0.15) is 70.4 Å². The minimum Gasteiger partial charge on any atom is -0.0683 e. The molecule has 16 heavy (non-hydrogen) atoms. The molecule has 92 valence electrons. The van der Waals surface area contributed by atoms with Crippen LogP contribution in [0.3, 0.4) is 0 Å². The van der Waals surface area contributed by atoms with E-state index in [0.29, 0.717) is 0 Å². The van der Waals surface area contributed by atoms with Crippen LogP contribution < -0.4 is 0 Å². The highest BCUT2D eigenvalue weighted by molar-refractivity contribution is 5.25. The van der Waals surface area contributed by atoms with Gasteiger partial charge in [-0.15, -0.1) is 0 Å². The molecule has 0 saturated carbocycles. The summed E-state index contributed by atoms with van der Waals surface area (Å²) in [6.45, 7) is 10.7. The van der Waals surface area contributed by atoms with Gasteiger partial charge in [0.05, 0.1) is 0 Å². The Morgan fingerprint density at radius 1 is 1.00 bits per heavy atom. The fraction of sp³-hybridized carbons (Fsp3) is 0.625. The Hall–Kier alpha value is -0.780. The normalized spacial score (nSPS) is 9.88. The zero-order chi connectivity index (χ0) is 12.4. The highest BCUT2D eigenvalue weighted by atomic mass is 14.1. The summed E-state index contributed by atoms with van der Waals surface area (Å²) in [5.74, 6) is 0.782. The Balaban J connectivity index is 0.00000106. The predicted octanol–water partition coefficient (Wildman–Crippen LogP) is 5.71. The van der Waals surface area contributed by atoms with Crippen molar-refractivity contribution in [3.05, 3.63) is 35.4 Å². The fourth-order valence-corrected chi connectivity index (χ4v) is 2.10. The van der Waals surface area contributed by atoms with Crippen LogP contribution in [0, 0.1) is 6.92 Å². The third-order valence-electron chi connectivity index (χ3n) is 2.79.